The zero-order valence-corrected chi connectivity index (χ0v) is 25.0. The van der Waals surface area contributed by atoms with Crippen LogP contribution in [0.5, 0.6) is 11.5 Å². The van der Waals surface area contributed by atoms with E-state index in [0.29, 0.717) is 0 Å². The number of para-hydroxylation sites is 2. The van der Waals surface area contributed by atoms with Crippen LogP contribution in [0.2, 0.25) is 0 Å². The van der Waals surface area contributed by atoms with E-state index in [0.717, 1.165) is 56.5 Å². The Morgan fingerprint density at radius 3 is 1.17 bits per heavy atom. The van der Waals surface area contributed by atoms with Crippen molar-refractivity contribution in [2.45, 2.75) is 0 Å². The molecule has 0 amide bonds. The van der Waals surface area contributed by atoms with E-state index in [1.807, 2.05) is 0 Å². The number of hydrogen-bond donors (Lipinski definition) is 0. The summed E-state index contributed by atoms with van der Waals surface area (Å²) >= 11 is 0. The molecular weight excluding hydrogens is 559 g/mol. The topological polar surface area (TPSA) is 15.7 Å². The summed E-state index contributed by atoms with van der Waals surface area (Å²) in [5, 5.41) is 0. The van der Waals surface area contributed by atoms with Gasteiger partial charge in [-0.25, -0.2) is 0 Å². The van der Waals surface area contributed by atoms with Crippen molar-refractivity contribution in [1.82, 2.24) is 0 Å². The molecule has 214 valence electrons. The molecule has 0 unspecified atom stereocenters. The molecule has 7 aromatic rings. The Morgan fingerprint density at radius 2 is 0.739 bits per heavy atom. The van der Waals surface area contributed by atoms with Crippen LogP contribution in [0.1, 0.15) is 0 Å². The quantitative estimate of drug-likeness (QED) is 0.191. The second kappa shape index (κ2) is 9.75. The number of ether oxygens (including phenoxy) is 1. The van der Waals surface area contributed by atoms with E-state index >= 15 is 0 Å². The van der Waals surface area contributed by atoms with Gasteiger partial charge in [0.1, 0.15) is 11.5 Å². The highest BCUT2D eigenvalue weighted by Crippen LogP contribution is 2.51. The summed E-state index contributed by atoms with van der Waals surface area (Å²) in [6.45, 7) is 0.00204. The molecule has 0 spiro atoms. The van der Waals surface area contributed by atoms with Crippen LogP contribution < -0.4 is 30.9 Å². The zero-order valence-electron chi connectivity index (χ0n) is 25.0. The molecule has 46 heavy (non-hydrogen) atoms. The molecule has 0 bridgehead atoms. The van der Waals surface area contributed by atoms with E-state index in [9.17, 15) is 0 Å². The average molecular weight is 587 g/mol. The monoisotopic (exact) mass is 586 g/mol. The molecule has 3 nitrogen and oxygen atoms in total. The molecule has 0 aromatic heterocycles. The molecule has 0 radical (unpaired) electrons. The Kier molecular flexibility index (Phi) is 5.37. The first-order valence-electron chi connectivity index (χ1n) is 15.8. The molecule has 7 aromatic carbocycles. The highest BCUT2D eigenvalue weighted by atomic mass is 16.5. The molecule has 3 aliphatic heterocycles. The van der Waals surface area contributed by atoms with Gasteiger partial charge in [-0.1, -0.05) is 103 Å². The lowest BCUT2D eigenvalue weighted by Crippen LogP contribution is -2.63. The summed E-state index contributed by atoms with van der Waals surface area (Å²) in [6, 6.07) is 58.6. The van der Waals surface area contributed by atoms with Gasteiger partial charge in [-0.3, -0.25) is 0 Å². The van der Waals surface area contributed by atoms with Gasteiger partial charge in [0.2, 0.25) is 0 Å². The summed E-state index contributed by atoms with van der Waals surface area (Å²) in [5.41, 5.74) is 15.2. The van der Waals surface area contributed by atoms with Crippen LogP contribution >= 0.6 is 0 Å². The van der Waals surface area contributed by atoms with Crippen LogP contribution in [0, 0.1) is 0 Å². The highest BCUT2D eigenvalue weighted by molar-refractivity contribution is 7.01. The van der Waals surface area contributed by atoms with Crippen LogP contribution in [-0.2, 0) is 0 Å². The van der Waals surface area contributed by atoms with Gasteiger partial charge in [-0.15, -0.1) is 0 Å². The van der Waals surface area contributed by atoms with Gasteiger partial charge in [0.15, 0.2) is 0 Å². The lowest BCUT2D eigenvalue weighted by molar-refractivity contribution is 0.491. The summed E-state index contributed by atoms with van der Waals surface area (Å²) in [6.07, 6.45) is 0. The molecule has 0 atom stereocenters. The minimum atomic E-state index is 0.00204. The van der Waals surface area contributed by atoms with Crippen molar-refractivity contribution in [2.24, 2.45) is 0 Å². The van der Waals surface area contributed by atoms with Crippen molar-refractivity contribution >= 4 is 57.2 Å². The smallest absolute Gasteiger partial charge is 0.261 e. The molecule has 0 saturated carbocycles. The maximum Gasteiger partial charge on any atom is 0.261 e. The minimum Gasteiger partial charge on any atom is -0.457 e. The second-order valence-corrected chi connectivity index (χ2v) is 12.1. The lowest BCUT2D eigenvalue weighted by Gasteiger charge is -2.47. The minimum absolute atomic E-state index is 0.00204. The Balaban J connectivity index is 1.36. The predicted molar refractivity (Wildman–Crippen MR) is 191 cm³/mol. The Bertz CT molecular complexity index is 2130. The van der Waals surface area contributed by atoms with E-state index in [1.165, 1.54) is 27.8 Å². The maximum absolute atomic E-state index is 7.34. The molecule has 0 N–H and O–H groups in total. The Labute approximate surface area is 268 Å². The molecule has 4 heteroatoms. The molecule has 0 fully saturated rings. The fraction of sp³-hybridized carbons (Fsp3) is 0. The van der Waals surface area contributed by atoms with Crippen LogP contribution in [0.3, 0.4) is 0 Å². The first-order valence-corrected chi connectivity index (χ1v) is 15.8. The van der Waals surface area contributed by atoms with Gasteiger partial charge < -0.3 is 14.5 Å². The summed E-state index contributed by atoms with van der Waals surface area (Å²) in [5.74, 6) is 1.87. The third-order valence-corrected chi connectivity index (χ3v) is 9.64. The Hall–Kier alpha value is -6.00. The number of nitrogens with zero attached hydrogens (tertiary/aromatic N) is 2. The standard InChI is InChI=1S/C42H27BN2O/c1-5-14-28(15-6-1)32-24-26-36-39-41(32)46-42-33(29-16-7-2-8-17-29)25-27-37-40(42)43(39)38-34(44(36)30-18-9-3-10-19-30)22-13-23-35(38)45(37)31-20-11-4-12-21-31/h1-27H. The number of rotatable bonds is 4. The van der Waals surface area contributed by atoms with Crippen molar-refractivity contribution in [3.63, 3.8) is 0 Å². The second-order valence-electron chi connectivity index (χ2n) is 12.1. The molecule has 3 heterocycles. The van der Waals surface area contributed by atoms with Gasteiger partial charge in [0.05, 0.1) is 0 Å². The van der Waals surface area contributed by atoms with Crippen molar-refractivity contribution in [2.75, 3.05) is 9.80 Å². The lowest BCUT2D eigenvalue weighted by atomic mass is 9.32. The van der Waals surface area contributed by atoms with E-state index in [1.54, 1.807) is 0 Å². The summed E-state index contributed by atoms with van der Waals surface area (Å²) < 4.78 is 7.34. The van der Waals surface area contributed by atoms with Crippen LogP contribution in [-0.4, -0.2) is 6.71 Å². The third-order valence-electron chi connectivity index (χ3n) is 9.64. The van der Waals surface area contributed by atoms with Gasteiger partial charge in [0.25, 0.3) is 6.71 Å². The van der Waals surface area contributed by atoms with Gasteiger partial charge in [-0.05, 0) is 88.2 Å². The number of benzene rings is 7. The van der Waals surface area contributed by atoms with E-state index in [2.05, 4.69) is 174 Å². The molecular formula is C42H27BN2O. The number of anilines is 6. The maximum atomic E-state index is 7.34. The predicted octanol–water partition coefficient (Wildman–Crippen LogP) is 9.21. The number of hydrogen-bond acceptors (Lipinski definition) is 3. The van der Waals surface area contributed by atoms with Crippen molar-refractivity contribution in [1.29, 1.82) is 0 Å². The molecule has 10 rings (SSSR count). The molecule has 0 saturated heterocycles. The van der Waals surface area contributed by atoms with E-state index in [-0.39, 0.29) is 6.71 Å². The molecule has 0 aliphatic carbocycles. The summed E-state index contributed by atoms with van der Waals surface area (Å²) in [7, 11) is 0. The normalized spacial score (nSPS) is 13.3. The van der Waals surface area contributed by atoms with Crippen molar-refractivity contribution in [3.05, 3.63) is 164 Å². The average Bonchev–Trinajstić information content (AvgIpc) is 3.13. The van der Waals surface area contributed by atoms with Crippen LogP contribution in [0.4, 0.5) is 34.1 Å². The first kappa shape index (κ1) is 25.3. The fourth-order valence-electron chi connectivity index (χ4n) is 7.77. The fourth-order valence-corrected chi connectivity index (χ4v) is 7.77. The SMILES string of the molecule is c1ccc(-c2ccc3c4c2Oc2c(-c5ccccc5)ccc5c2B4c2c(cccc2N5c2ccccc2)N3c2ccccc2)cc1. The molecule has 3 aliphatic rings. The van der Waals surface area contributed by atoms with E-state index < -0.39 is 0 Å². The van der Waals surface area contributed by atoms with Gasteiger partial charge >= 0.3 is 0 Å². The van der Waals surface area contributed by atoms with Crippen molar-refractivity contribution < 1.29 is 4.74 Å². The zero-order chi connectivity index (χ0) is 30.2. The largest absolute Gasteiger partial charge is 0.457 e. The summed E-state index contributed by atoms with van der Waals surface area (Å²) in [4.78, 5) is 4.85. The third kappa shape index (κ3) is 3.50. The van der Waals surface area contributed by atoms with Crippen LogP contribution in [0.15, 0.2) is 164 Å². The Morgan fingerprint density at radius 1 is 0.348 bits per heavy atom. The van der Waals surface area contributed by atoms with Gasteiger partial charge in [-0.2, -0.15) is 0 Å². The highest BCUT2D eigenvalue weighted by Gasteiger charge is 2.49. The first-order chi connectivity index (χ1) is 22.9. The van der Waals surface area contributed by atoms with E-state index in [4.69, 9.17) is 4.74 Å². The van der Waals surface area contributed by atoms with Crippen molar-refractivity contribution in [3.8, 4) is 33.8 Å². The van der Waals surface area contributed by atoms with Crippen LogP contribution in [0.25, 0.3) is 22.3 Å². The van der Waals surface area contributed by atoms with Gasteiger partial charge in [0, 0.05) is 45.3 Å².